The average molecular weight is 375 g/mol. The second kappa shape index (κ2) is 7.21. The van der Waals surface area contributed by atoms with Gasteiger partial charge in [0.1, 0.15) is 11.3 Å². The summed E-state index contributed by atoms with van der Waals surface area (Å²) in [6.07, 6.45) is 0.858. The highest BCUT2D eigenvalue weighted by atomic mass is 19.1. The lowest BCUT2D eigenvalue weighted by Gasteiger charge is -2.28. The summed E-state index contributed by atoms with van der Waals surface area (Å²) in [4.78, 5) is 28.7. The Morgan fingerprint density at radius 2 is 2.04 bits per heavy atom. The first-order valence-electron chi connectivity index (χ1n) is 9.29. The summed E-state index contributed by atoms with van der Waals surface area (Å²) in [5.74, 6) is -0.844. The molecule has 1 aromatic heterocycles. The second-order valence-corrected chi connectivity index (χ2v) is 7.26. The number of nitrogens with zero attached hydrogens (tertiary/aromatic N) is 3. The van der Waals surface area contributed by atoms with Crippen LogP contribution in [0.3, 0.4) is 0 Å². The highest BCUT2D eigenvalue weighted by molar-refractivity contribution is 5.98. The van der Waals surface area contributed by atoms with E-state index in [4.69, 9.17) is 4.74 Å². The zero-order valence-electron chi connectivity index (χ0n) is 16.5. The molecular formula is C20H26FN3O3. The van der Waals surface area contributed by atoms with Crippen LogP contribution in [0.5, 0.6) is 5.75 Å². The van der Waals surface area contributed by atoms with Gasteiger partial charge in [0, 0.05) is 38.6 Å². The van der Waals surface area contributed by atoms with Gasteiger partial charge in [-0.15, -0.1) is 0 Å². The van der Waals surface area contributed by atoms with Gasteiger partial charge in [0.15, 0.2) is 5.82 Å². The zero-order chi connectivity index (χ0) is 19.9. The second-order valence-electron chi connectivity index (χ2n) is 7.26. The van der Waals surface area contributed by atoms with Gasteiger partial charge in [0.2, 0.25) is 0 Å². The van der Waals surface area contributed by atoms with E-state index in [1.54, 1.807) is 6.07 Å². The number of ether oxygens (including phenoxy) is 1. The number of benzene rings is 1. The topological polar surface area (TPSA) is 54.8 Å². The monoisotopic (exact) mass is 375 g/mol. The fraction of sp³-hybridized carbons (Fsp3) is 0.500. The molecule has 0 saturated carbocycles. The molecule has 0 saturated heterocycles. The van der Waals surface area contributed by atoms with Crippen LogP contribution in [0.1, 0.15) is 37.6 Å². The van der Waals surface area contributed by atoms with Gasteiger partial charge in [0.05, 0.1) is 17.8 Å². The first-order chi connectivity index (χ1) is 12.8. The van der Waals surface area contributed by atoms with Crippen LogP contribution in [0.15, 0.2) is 16.9 Å². The summed E-state index contributed by atoms with van der Waals surface area (Å²) in [6.45, 7) is 7.69. The van der Waals surface area contributed by atoms with E-state index in [-0.39, 0.29) is 11.4 Å². The summed E-state index contributed by atoms with van der Waals surface area (Å²) in [5, 5.41) is 0.228. The minimum Gasteiger partial charge on any atom is -0.491 e. The summed E-state index contributed by atoms with van der Waals surface area (Å²) in [6, 6.07) is 3.68. The molecule has 6 nitrogen and oxygen atoms in total. The molecule has 1 aliphatic rings. The number of aryl methyl sites for hydroxylation is 1. The molecule has 0 bridgehead atoms. The number of rotatable bonds is 3. The predicted molar refractivity (Wildman–Crippen MR) is 104 cm³/mol. The van der Waals surface area contributed by atoms with Crippen molar-refractivity contribution in [1.82, 2.24) is 9.47 Å². The Morgan fingerprint density at radius 3 is 2.63 bits per heavy atom. The lowest BCUT2D eigenvalue weighted by molar-refractivity contribution is 0.0821. The number of pyridine rings is 1. The fourth-order valence-corrected chi connectivity index (χ4v) is 3.57. The Hall–Kier alpha value is -2.57. The Bertz CT molecular complexity index is 950. The van der Waals surface area contributed by atoms with Crippen LogP contribution >= 0.6 is 0 Å². The van der Waals surface area contributed by atoms with Crippen LogP contribution in [-0.2, 0) is 6.54 Å². The van der Waals surface area contributed by atoms with Gasteiger partial charge in [-0.1, -0.05) is 0 Å². The third kappa shape index (κ3) is 3.15. The van der Waals surface area contributed by atoms with Crippen molar-refractivity contribution in [1.29, 1.82) is 0 Å². The summed E-state index contributed by atoms with van der Waals surface area (Å²) >= 11 is 0. The molecule has 0 unspecified atom stereocenters. The molecule has 1 aliphatic heterocycles. The highest BCUT2D eigenvalue weighted by Crippen LogP contribution is 2.37. The van der Waals surface area contributed by atoms with Crippen molar-refractivity contribution in [2.75, 3.05) is 32.1 Å². The van der Waals surface area contributed by atoms with Crippen molar-refractivity contribution >= 4 is 22.5 Å². The number of anilines is 1. The van der Waals surface area contributed by atoms with Crippen molar-refractivity contribution in [2.24, 2.45) is 0 Å². The maximum atomic E-state index is 15.3. The Balaban J connectivity index is 2.38. The number of halogens is 1. The highest BCUT2D eigenvalue weighted by Gasteiger charge is 2.27. The van der Waals surface area contributed by atoms with Crippen LogP contribution < -0.4 is 15.2 Å². The van der Waals surface area contributed by atoms with Crippen LogP contribution in [-0.4, -0.2) is 48.7 Å². The first-order valence-corrected chi connectivity index (χ1v) is 9.29. The summed E-state index contributed by atoms with van der Waals surface area (Å²) in [5.41, 5.74) is 0.295. The van der Waals surface area contributed by atoms with Gasteiger partial charge in [-0.2, -0.15) is 0 Å². The van der Waals surface area contributed by atoms with Gasteiger partial charge >= 0.3 is 0 Å². The lowest BCUT2D eigenvalue weighted by Crippen LogP contribution is -2.34. The number of fused-ring (bicyclic) bond motifs is 2. The Morgan fingerprint density at radius 1 is 1.33 bits per heavy atom. The smallest absolute Gasteiger partial charge is 0.266 e. The van der Waals surface area contributed by atoms with Crippen LogP contribution in [0.2, 0.25) is 0 Å². The maximum Gasteiger partial charge on any atom is 0.266 e. The van der Waals surface area contributed by atoms with Crippen LogP contribution in [0.25, 0.3) is 10.9 Å². The van der Waals surface area contributed by atoms with E-state index in [1.165, 1.54) is 23.6 Å². The molecule has 0 fully saturated rings. The molecule has 0 aliphatic carbocycles. The maximum absolute atomic E-state index is 15.3. The van der Waals surface area contributed by atoms with Crippen molar-refractivity contribution in [2.45, 2.75) is 39.8 Å². The number of aromatic nitrogens is 1. The standard InChI is InChI=1S/C20H26FN3O3/c1-6-23-14-11-15-16(27-9-7-8-24(15)12(2)3)10-13(14)18(21)17(20(23)26)19(25)22(4)5/h10-12H,6-9H2,1-5H3. The number of carbonyl (C=O) groups is 1. The quantitative estimate of drug-likeness (QED) is 0.828. The molecular weight excluding hydrogens is 349 g/mol. The number of hydrogen-bond donors (Lipinski definition) is 0. The zero-order valence-corrected chi connectivity index (χ0v) is 16.5. The van der Waals surface area contributed by atoms with E-state index in [0.29, 0.717) is 24.4 Å². The van der Waals surface area contributed by atoms with Gasteiger partial charge in [-0.3, -0.25) is 9.59 Å². The molecule has 0 N–H and O–H groups in total. The van der Waals surface area contributed by atoms with Crippen LogP contribution in [0, 0.1) is 5.82 Å². The van der Waals surface area contributed by atoms with E-state index in [1.807, 2.05) is 13.0 Å². The van der Waals surface area contributed by atoms with Gasteiger partial charge < -0.3 is 19.1 Å². The molecule has 1 aromatic carbocycles. The first kappa shape index (κ1) is 19.2. The van der Waals surface area contributed by atoms with Crippen molar-refractivity contribution in [3.63, 3.8) is 0 Å². The molecule has 0 atom stereocenters. The van der Waals surface area contributed by atoms with Crippen molar-refractivity contribution < 1.29 is 13.9 Å². The molecule has 7 heteroatoms. The number of amides is 1. The molecule has 2 aromatic rings. The van der Waals surface area contributed by atoms with E-state index in [9.17, 15) is 9.59 Å². The Labute approximate surface area is 158 Å². The third-order valence-corrected chi connectivity index (χ3v) is 4.95. The molecule has 27 heavy (non-hydrogen) atoms. The largest absolute Gasteiger partial charge is 0.491 e. The number of carbonyl (C=O) groups excluding carboxylic acids is 1. The molecule has 3 rings (SSSR count). The number of hydrogen-bond acceptors (Lipinski definition) is 4. The van der Waals surface area contributed by atoms with Gasteiger partial charge in [0.25, 0.3) is 11.5 Å². The fourth-order valence-electron chi connectivity index (χ4n) is 3.57. The summed E-state index contributed by atoms with van der Waals surface area (Å²) < 4.78 is 22.6. The van der Waals surface area contributed by atoms with Gasteiger partial charge in [-0.25, -0.2) is 4.39 Å². The SMILES string of the molecule is CCn1c(=O)c(C(=O)N(C)C)c(F)c2cc3c(cc21)N(C(C)C)CCCO3. The van der Waals surface area contributed by atoms with E-state index >= 15 is 4.39 Å². The lowest BCUT2D eigenvalue weighted by atomic mass is 10.1. The molecule has 1 amide bonds. The minimum atomic E-state index is -0.787. The van der Waals surface area contributed by atoms with Crippen LogP contribution in [0.4, 0.5) is 10.1 Å². The Kier molecular flexibility index (Phi) is 5.13. The molecule has 0 spiro atoms. The summed E-state index contributed by atoms with van der Waals surface area (Å²) in [7, 11) is 3.00. The third-order valence-electron chi connectivity index (χ3n) is 4.95. The van der Waals surface area contributed by atoms with Crippen molar-refractivity contribution in [3.05, 3.63) is 33.9 Å². The van der Waals surface area contributed by atoms with Crippen molar-refractivity contribution in [3.8, 4) is 5.75 Å². The van der Waals surface area contributed by atoms with E-state index < -0.39 is 22.8 Å². The molecule has 2 heterocycles. The van der Waals surface area contributed by atoms with E-state index in [0.717, 1.165) is 18.7 Å². The van der Waals surface area contributed by atoms with E-state index in [2.05, 4.69) is 18.7 Å². The minimum absolute atomic E-state index is 0.228. The normalized spacial score (nSPS) is 14.1. The molecule has 0 radical (unpaired) electrons. The van der Waals surface area contributed by atoms with Gasteiger partial charge in [-0.05, 0) is 39.3 Å². The average Bonchev–Trinajstić information content (AvgIpc) is 2.82. The molecule has 146 valence electrons. The predicted octanol–water partition coefficient (Wildman–Crippen LogP) is 2.86.